The van der Waals surface area contributed by atoms with Gasteiger partial charge in [-0.3, -0.25) is 14.6 Å². The highest BCUT2D eigenvalue weighted by molar-refractivity contribution is 5.79. The molecule has 0 aliphatic carbocycles. The maximum absolute atomic E-state index is 13.4. The zero-order valence-electron chi connectivity index (χ0n) is 15.4. The van der Waals surface area contributed by atoms with Crippen LogP contribution in [-0.4, -0.2) is 34.8 Å². The lowest BCUT2D eigenvalue weighted by Gasteiger charge is -2.37. The summed E-state index contributed by atoms with van der Waals surface area (Å²) in [5.74, 6) is -0.381. The second kappa shape index (κ2) is 8.75. The normalized spacial score (nSPS) is 18.0. The Bertz CT molecular complexity index is 797. The maximum atomic E-state index is 13.4. The number of rotatable bonds is 5. The van der Waals surface area contributed by atoms with E-state index < -0.39 is 0 Å². The van der Waals surface area contributed by atoms with Crippen LogP contribution < -0.4 is 5.32 Å². The summed E-state index contributed by atoms with van der Waals surface area (Å²) < 4.78 is 13.4. The van der Waals surface area contributed by atoms with Crippen LogP contribution in [0.5, 0.6) is 0 Å². The molecule has 1 aliphatic rings. The molecule has 0 bridgehead atoms. The Morgan fingerprint density at radius 1 is 1.30 bits per heavy atom. The molecule has 142 valence electrons. The van der Waals surface area contributed by atoms with Gasteiger partial charge in [-0.1, -0.05) is 18.2 Å². The van der Waals surface area contributed by atoms with Gasteiger partial charge in [0.2, 0.25) is 11.8 Å². The number of pyridine rings is 1. The van der Waals surface area contributed by atoms with Crippen LogP contribution in [0, 0.1) is 11.7 Å². The van der Waals surface area contributed by atoms with Crippen LogP contribution in [0.25, 0.3) is 0 Å². The molecule has 2 atom stereocenters. The fourth-order valence-corrected chi connectivity index (χ4v) is 3.65. The average Bonchev–Trinajstić information content (AvgIpc) is 2.67. The molecule has 1 aliphatic heterocycles. The van der Waals surface area contributed by atoms with Gasteiger partial charge in [0.05, 0.1) is 18.2 Å². The van der Waals surface area contributed by atoms with E-state index in [1.807, 2.05) is 23.1 Å². The molecule has 5 nitrogen and oxygen atoms in total. The SMILES string of the molecule is CC(=O)NC(c1ccccn1)C1CCCN(C(=O)Cc2cccc(F)c2)C1. The van der Waals surface area contributed by atoms with E-state index in [-0.39, 0.29) is 36.0 Å². The number of hydrogen-bond donors (Lipinski definition) is 1. The Balaban J connectivity index is 1.71. The van der Waals surface area contributed by atoms with Gasteiger partial charge in [0.25, 0.3) is 0 Å². The third-order valence-electron chi connectivity index (χ3n) is 4.89. The molecule has 1 saturated heterocycles. The number of halogens is 1. The van der Waals surface area contributed by atoms with Crippen LogP contribution in [-0.2, 0) is 16.0 Å². The topological polar surface area (TPSA) is 62.3 Å². The van der Waals surface area contributed by atoms with Crippen molar-refractivity contribution < 1.29 is 14.0 Å². The molecule has 2 unspecified atom stereocenters. The van der Waals surface area contributed by atoms with Gasteiger partial charge < -0.3 is 10.2 Å². The maximum Gasteiger partial charge on any atom is 0.227 e. The van der Waals surface area contributed by atoms with E-state index in [2.05, 4.69) is 10.3 Å². The minimum Gasteiger partial charge on any atom is -0.348 e. The number of nitrogens with one attached hydrogen (secondary N) is 1. The lowest BCUT2D eigenvalue weighted by molar-refractivity contribution is -0.132. The van der Waals surface area contributed by atoms with Crippen molar-refractivity contribution in [3.05, 3.63) is 65.7 Å². The average molecular weight is 369 g/mol. The number of carbonyl (C=O) groups excluding carboxylic acids is 2. The van der Waals surface area contributed by atoms with Crippen LogP contribution >= 0.6 is 0 Å². The molecule has 0 saturated carbocycles. The van der Waals surface area contributed by atoms with E-state index in [0.717, 1.165) is 18.5 Å². The van der Waals surface area contributed by atoms with Crippen molar-refractivity contribution in [2.24, 2.45) is 5.92 Å². The Hall–Kier alpha value is -2.76. The minimum atomic E-state index is -0.335. The fourth-order valence-electron chi connectivity index (χ4n) is 3.65. The predicted octanol–water partition coefficient (Wildman–Crippen LogP) is 2.88. The van der Waals surface area contributed by atoms with Gasteiger partial charge in [0.15, 0.2) is 0 Å². The van der Waals surface area contributed by atoms with Gasteiger partial charge in [-0.05, 0) is 42.7 Å². The molecule has 1 aromatic carbocycles. The first kappa shape index (κ1) is 19.0. The number of likely N-dealkylation sites (tertiary alicyclic amines) is 1. The van der Waals surface area contributed by atoms with E-state index in [1.54, 1.807) is 18.3 Å². The monoisotopic (exact) mass is 369 g/mol. The quantitative estimate of drug-likeness (QED) is 0.882. The van der Waals surface area contributed by atoms with E-state index in [0.29, 0.717) is 18.7 Å². The molecule has 1 N–H and O–H groups in total. The van der Waals surface area contributed by atoms with E-state index >= 15 is 0 Å². The molecule has 1 aromatic heterocycles. The van der Waals surface area contributed by atoms with Crippen LogP contribution in [0.2, 0.25) is 0 Å². The molecule has 2 aromatic rings. The van der Waals surface area contributed by atoms with Crippen LogP contribution in [0.4, 0.5) is 4.39 Å². The number of piperidine rings is 1. The van der Waals surface area contributed by atoms with Crippen molar-refractivity contribution in [1.29, 1.82) is 0 Å². The Kier molecular flexibility index (Phi) is 6.16. The Morgan fingerprint density at radius 3 is 2.85 bits per heavy atom. The Labute approximate surface area is 158 Å². The highest BCUT2D eigenvalue weighted by Crippen LogP contribution is 2.29. The minimum absolute atomic E-state index is 0.0205. The van der Waals surface area contributed by atoms with Crippen molar-refractivity contribution in [3.63, 3.8) is 0 Å². The molecule has 6 heteroatoms. The van der Waals surface area contributed by atoms with E-state index in [4.69, 9.17) is 0 Å². The molecule has 0 radical (unpaired) electrons. The van der Waals surface area contributed by atoms with Crippen LogP contribution in [0.3, 0.4) is 0 Å². The predicted molar refractivity (Wildman–Crippen MR) is 100 cm³/mol. The second-order valence-electron chi connectivity index (χ2n) is 6.98. The van der Waals surface area contributed by atoms with Crippen molar-refractivity contribution in [2.75, 3.05) is 13.1 Å². The molecule has 2 amide bonds. The number of benzene rings is 1. The number of hydrogen-bond acceptors (Lipinski definition) is 3. The largest absolute Gasteiger partial charge is 0.348 e. The first-order valence-corrected chi connectivity index (χ1v) is 9.23. The number of nitrogens with zero attached hydrogens (tertiary/aromatic N) is 2. The zero-order valence-corrected chi connectivity index (χ0v) is 15.4. The van der Waals surface area contributed by atoms with Gasteiger partial charge in [0, 0.05) is 32.1 Å². The molecule has 27 heavy (non-hydrogen) atoms. The molecule has 3 rings (SSSR count). The summed E-state index contributed by atoms with van der Waals surface area (Å²) in [6, 6.07) is 11.5. The summed E-state index contributed by atoms with van der Waals surface area (Å²) in [4.78, 5) is 30.6. The standard InChI is InChI=1S/C21H24FN3O2/c1-15(26)24-21(19-9-2-3-10-23-19)17-7-5-11-25(14-17)20(27)13-16-6-4-8-18(22)12-16/h2-4,6,8-10,12,17,21H,5,7,11,13-14H2,1H3,(H,24,26). The number of amides is 2. The van der Waals surface area contributed by atoms with E-state index in [1.165, 1.54) is 19.1 Å². The summed E-state index contributed by atoms with van der Waals surface area (Å²) in [5.41, 5.74) is 1.47. The Morgan fingerprint density at radius 2 is 2.15 bits per heavy atom. The van der Waals surface area contributed by atoms with Gasteiger partial charge in [-0.2, -0.15) is 0 Å². The van der Waals surface area contributed by atoms with Crippen molar-refractivity contribution in [3.8, 4) is 0 Å². The summed E-state index contributed by atoms with van der Waals surface area (Å²) in [5, 5.41) is 2.99. The fraction of sp³-hybridized carbons (Fsp3) is 0.381. The molecule has 0 spiro atoms. The van der Waals surface area contributed by atoms with Crippen LogP contribution in [0.15, 0.2) is 48.7 Å². The van der Waals surface area contributed by atoms with E-state index in [9.17, 15) is 14.0 Å². The summed E-state index contributed by atoms with van der Waals surface area (Å²) in [6.45, 7) is 2.72. The van der Waals surface area contributed by atoms with Crippen molar-refractivity contribution >= 4 is 11.8 Å². The second-order valence-corrected chi connectivity index (χ2v) is 6.98. The molecular formula is C21H24FN3O2. The molecule has 2 heterocycles. The number of carbonyl (C=O) groups is 2. The lowest BCUT2D eigenvalue weighted by atomic mass is 9.88. The summed E-state index contributed by atoms with van der Waals surface area (Å²) in [7, 11) is 0. The van der Waals surface area contributed by atoms with Gasteiger partial charge in [-0.25, -0.2) is 4.39 Å². The van der Waals surface area contributed by atoms with Gasteiger partial charge in [0.1, 0.15) is 5.82 Å². The smallest absolute Gasteiger partial charge is 0.227 e. The van der Waals surface area contributed by atoms with Crippen LogP contribution in [0.1, 0.15) is 37.1 Å². The zero-order chi connectivity index (χ0) is 19.2. The highest BCUT2D eigenvalue weighted by atomic mass is 19.1. The van der Waals surface area contributed by atoms with Gasteiger partial charge >= 0.3 is 0 Å². The summed E-state index contributed by atoms with van der Waals surface area (Å²) in [6.07, 6.45) is 3.66. The third-order valence-corrected chi connectivity index (χ3v) is 4.89. The van der Waals surface area contributed by atoms with Crippen molar-refractivity contribution in [1.82, 2.24) is 15.2 Å². The number of aromatic nitrogens is 1. The first-order chi connectivity index (χ1) is 13.0. The van der Waals surface area contributed by atoms with Crippen molar-refractivity contribution in [2.45, 2.75) is 32.2 Å². The van der Waals surface area contributed by atoms with Gasteiger partial charge in [-0.15, -0.1) is 0 Å². The molecule has 1 fully saturated rings. The molecular weight excluding hydrogens is 345 g/mol. The third kappa shape index (κ3) is 5.12. The first-order valence-electron chi connectivity index (χ1n) is 9.23. The lowest BCUT2D eigenvalue weighted by Crippen LogP contribution is -2.45. The highest BCUT2D eigenvalue weighted by Gasteiger charge is 2.31. The summed E-state index contributed by atoms with van der Waals surface area (Å²) >= 11 is 0.